The number of rotatable bonds is 0. The van der Waals surface area contributed by atoms with Gasteiger partial charge in [0.1, 0.15) is 11.1 Å². The first-order valence-corrected chi connectivity index (χ1v) is 2.79. The molecule has 7 nitrogen and oxygen atoms in total. The van der Waals surface area contributed by atoms with Gasteiger partial charge in [0.15, 0.2) is 0 Å². The molecular formula is H5N3O4P+. The van der Waals surface area contributed by atoms with E-state index in [4.69, 9.17) is 30.3 Å². The number of hydrogen-bond donors (Lipinski definition) is 5. The molecule has 5 N–H and O–H groups in total. The van der Waals surface area contributed by atoms with Gasteiger partial charge in [0.05, 0.1) is 0 Å². The van der Waals surface area contributed by atoms with Crippen LogP contribution in [0.25, 0.3) is 0 Å². The molecule has 0 saturated heterocycles. The highest BCUT2D eigenvalue weighted by Gasteiger charge is 2.00. The van der Waals surface area contributed by atoms with Crippen LogP contribution < -0.4 is 4.91 Å². The molecule has 0 amide bonds. The van der Waals surface area contributed by atoms with E-state index in [9.17, 15) is 0 Å². The highest BCUT2D eigenvalue weighted by atomic mass is 31.2. The van der Waals surface area contributed by atoms with Crippen LogP contribution in [0.3, 0.4) is 0 Å². The monoisotopic (exact) mass is 142 g/mol. The van der Waals surface area contributed by atoms with Crippen molar-refractivity contribution in [2.45, 2.75) is 0 Å². The van der Waals surface area contributed by atoms with E-state index in [2.05, 4.69) is 0 Å². The molecule has 0 aromatic rings. The van der Waals surface area contributed by atoms with Crippen LogP contribution in [-0.4, -0.2) is 14.7 Å². The molecule has 0 saturated carbocycles. The van der Waals surface area contributed by atoms with E-state index < -0.39 is 7.82 Å². The van der Waals surface area contributed by atoms with Gasteiger partial charge in [0.25, 0.3) is 0 Å². The van der Waals surface area contributed by atoms with Crippen molar-refractivity contribution in [2.75, 3.05) is 0 Å². The number of hydrogen-bond acceptors (Lipinski definition) is 3. The fourth-order valence-electron chi connectivity index (χ4n) is 0. The van der Waals surface area contributed by atoms with E-state index >= 15 is 0 Å². The summed E-state index contributed by atoms with van der Waals surface area (Å²) in [5, 5.41) is 0. The Kier molecular flexibility index (Phi) is 5.95. The van der Waals surface area contributed by atoms with Crippen LogP contribution in [0.5, 0.6) is 0 Å². The fraction of sp³-hybridized carbons (Fsp3) is 0. The maximum atomic E-state index is 8.88. The van der Waals surface area contributed by atoms with Gasteiger partial charge in [-0.2, -0.15) is 0 Å². The lowest BCUT2D eigenvalue weighted by Crippen LogP contribution is -1.66. The van der Waals surface area contributed by atoms with Gasteiger partial charge in [0.2, 0.25) is 4.91 Å². The maximum Gasteiger partial charge on any atom is 0.466 e. The van der Waals surface area contributed by atoms with Crippen molar-refractivity contribution < 1.29 is 19.2 Å². The van der Waals surface area contributed by atoms with Crippen molar-refractivity contribution in [1.29, 1.82) is 11.1 Å². The van der Waals surface area contributed by atoms with Gasteiger partial charge in [-0.15, -0.1) is 0 Å². The molecule has 0 fully saturated rings. The quantitative estimate of drug-likeness (QED) is 0.171. The molecule has 0 aromatic carbocycles. The normalized spacial score (nSPS) is 8.38. The Balaban J connectivity index is 0. The van der Waals surface area contributed by atoms with E-state index in [1.165, 1.54) is 0 Å². The number of nitrogens with zero attached hydrogens (tertiary/aromatic N) is 1. The zero-order valence-electron chi connectivity index (χ0n) is 3.64. The lowest BCUT2D eigenvalue weighted by atomic mass is 13.0. The molecule has 0 unspecified atom stereocenters. The van der Waals surface area contributed by atoms with Crippen molar-refractivity contribution in [3.8, 4) is 0 Å². The smallest absolute Gasteiger partial charge is 0.303 e. The predicted molar refractivity (Wildman–Crippen MR) is 21.8 cm³/mol. The Morgan fingerprint density at radius 1 is 1.25 bits per heavy atom. The van der Waals surface area contributed by atoms with E-state index in [-0.39, 0.29) is 0 Å². The number of phosphoric acid groups is 1. The van der Waals surface area contributed by atoms with Crippen molar-refractivity contribution in [2.24, 2.45) is 0 Å². The topological polar surface area (TPSA) is 140 Å². The third kappa shape index (κ3) is 315. The summed E-state index contributed by atoms with van der Waals surface area (Å²) in [5.41, 5.74) is 11.0. The second-order valence-electron chi connectivity index (χ2n) is 0.625. The minimum absolute atomic E-state index is 2.00. The van der Waals surface area contributed by atoms with E-state index in [0.29, 0.717) is 0 Å². The van der Waals surface area contributed by atoms with Gasteiger partial charge in [0, 0.05) is 0 Å². The molecule has 0 aromatic heterocycles. The number of nitrogens with one attached hydrogen (secondary N) is 2. The molecule has 8 heteroatoms. The average molecular weight is 142 g/mol. The van der Waals surface area contributed by atoms with Gasteiger partial charge < -0.3 is 14.7 Å². The zero-order valence-corrected chi connectivity index (χ0v) is 4.54. The lowest BCUT2D eigenvalue weighted by molar-refractivity contribution is 0.275. The Morgan fingerprint density at radius 2 is 1.25 bits per heavy atom. The summed E-state index contributed by atoms with van der Waals surface area (Å²) in [5.74, 6) is 0. The highest BCUT2D eigenvalue weighted by molar-refractivity contribution is 7.45. The molecule has 0 radical (unpaired) electrons. The molecule has 48 valence electrons. The average Bonchev–Trinajstić information content (AvgIpc) is 1.27. The van der Waals surface area contributed by atoms with Crippen LogP contribution in [0, 0.1) is 11.1 Å². The first-order chi connectivity index (χ1) is 3.41. The predicted octanol–water partition coefficient (Wildman–Crippen LogP) is -0.813. The molecule has 0 rings (SSSR count). The summed E-state index contributed by atoms with van der Waals surface area (Å²) in [6.45, 7) is 0. The standard InChI is InChI=1S/H2N3.H3O4P/c1-3-2;1-5(2,3)4/h1-2H;(H3,1,2,3,4)/q+1;. The highest BCUT2D eigenvalue weighted by Crippen LogP contribution is 2.25. The minimum atomic E-state index is -4.64. The molecule has 0 heterocycles. The Morgan fingerprint density at radius 3 is 1.25 bits per heavy atom. The van der Waals surface area contributed by atoms with Crippen LogP contribution >= 0.6 is 7.82 Å². The van der Waals surface area contributed by atoms with Crippen molar-refractivity contribution in [3.05, 3.63) is 0 Å². The fourth-order valence-corrected chi connectivity index (χ4v) is 0. The van der Waals surface area contributed by atoms with Gasteiger partial charge in [-0.05, 0) is 0 Å². The van der Waals surface area contributed by atoms with E-state index in [0.717, 1.165) is 0 Å². The molecule has 8 heavy (non-hydrogen) atoms. The zero-order chi connectivity index (χ0) is 7.21. The maximum absolute atomic E-state index is 8.88. The van der Waals surface area contributed by atoms with Crippen LogP contribution in [-0.2, 0) is 4.57 Å². The van der Waals surface area contributed by atoms with Gasteiger partial charge in [-0.1, -0.05) is 0 Å². The van der Waals surface area contributed by atoms with Crippen LogP contribution in [0.15, 0.2) is 0 Å². The molecule has 0 aliphatic heterocycles. The molecule has 0 atom stereocenters. The van der Waals surface area contributed by atoms with Crippen LogP contribution in [0.2, 0.25) is 0 Å². The Bertz CT molecular complexity index is 109. The SMILES string of the molecule is N=[N+]=N.O=P(O)(O)O. The van der Waals surface area contributed by atoms with Gasteiger partial charge in [-0.3, -0.25) is 0 Å². The summed E-state index contributed by atoms with van der Waals surface area (Å²) in [4.78, 5) is 23.6. The van der Waals surface area contributed by atoms with E-state index in [1.54, 1.807) is 0 Å². The largest absolute Gasteiger partial charge is 0.466 e. The molecular weight excluding hydrogens is 137 g/mol. The Hall–Kier alpha value is -0.580. The second kappa shape index (κ2) is 4.58. The Labute approximate surface area is 44.2 Å². The van der Waals surface area contributed by atoms with Gasteiger partial charge in [-0.25, -0.2) is 4.57 Å². The summed E-state index contributed by atoms with van der Waals surface area (Å²) < 4.78 is 8.88. The summed E-state index contributed by atoms with van der Waals surface area (Å²) >= 11 is 0. The third-order valence-electron chi connectivity index (χ3n) is 0. The summed E-state index contributed by atoms with van der Waals surface area (Å²) in [7, 11) is -4.64. The molecule has 0 bridgehead atoms. The first-order valence-electron chi connectivity index (χ1n) is 1.23. The molecule has 0 spiro atoms. The summed E-state index contributed by atoms with van der Waals surface area (Å²) in [6.07, 6.45) is 0. The first kappa shape index (κ1) is 10.4. The van der Waals surface area contributed by atoms with E-state index in [1.807, 2.05) is 4.91 Å². The summed E-state index contributed by atoms with van der Waals surface area (Å²) in [6, 6.07) is 0. The van der Waals surface area contributed by atoms with Crippen LogP contribution in [0.4, 0.5) is 0 Å². The van der Waals surface area contributed by atoms with Crippen molar-refractivity contribution in [1.82, 2.24) is 4.91 Å². The minimum Gasteiger partial charge on any atom is -0.303 e. The molecule has 0 aliphatic carbocycles. The second-order valence-corrected chi connectivity index (χ2v) is 1.65. The van der Waals surface area contributed by atoms with Crippen molar-refractivity contribution >= 4 is 7.82 Å². The van der Waals surface area contributed by atoms with Crippen LogP contribution in [0.1, 0.15) is 0 Å². The lowest BCUT2D eigenvalue weighted by Gasteiger charge is -1.82. The molecule has 0 aliphatic rings. The van der Waals surface area contributed by atoms with Gasteiger partial charge >= 0.3 is 7.82 Å². The third-order valence-corrected chi connectivity index (χ3v) is 0. The van der Waals surface area contributed by atoms with Crippen molar-refractivity contribution in [3.63, 3.8) is 0 Å².